The average molecular weight is 367 g/mol. The van der Waals surface area contributed by atoms with Crippen LogP contribution in [-0.2, 0) is 11.3 Å². The maximum absolute atomic E-state index is 12.8. The Morgan fingerprint density at radius 1 is 1.19 bits per heavy atom. The molecular weight excluding hydrogens is 338 g/mol. The number of likely N-dealkylation sites (tertiary alicyclic amines) is 1. The zero-order valence-electron chi connectivity index (χ0n) is 16.2. The van der Waals surface area contributed by atoms with Crippen LogP contribution in [0, 0.1) is 12.8 Å². The largest absolute Gasteiger partial charge is 0.339 e. The molecule has 0 bridgehead atoms. The lowest BCUT2D eigenvalue weighted by molar-refractivity contribution is -0.137. The summed E-state index contributed by atoms with van der Waals surface area (Å²) in [5.74, 6) is 0.983. The molecule has 144 valence electrons. The van der Waals surface area contributed by atoms with Crippen molar-refractivity contribution >= 4 is 16.8 Å². The fourth-order valence-corrected chi connectivity index (χ4v) is 4.98. The zero-order chi connectivity index (χ0) is 18.8. The molecule has 5 nitrogen and oxygen atoms in total. The molecular formula is C22H29N3O2. The quantitative estimate of drug-likeness (QED) is 0.828. The predicted octanol–water partition coefficient (Wildman–Crippen LogP) is 3.67. The van der Waals surface area contributed by atoms with E-state index in [1.807, 2.05) is 25.1 Å². The molecule has 0 N–H and O–H groups in total. The second-order valence-electron chi connectivity index (χ2n) is 8.16. The maximum Gasteiger partial charge on any atom is 0.261 e. The van der Waals surface area contributed by atoms with E-state index in [2.05, 4.69) is 9.88 Å². The minimum absolute atomic E-state index is 0.0125. The fraction of sp³-hybridized carbons (Fsp3) is 0.591. The maximum atomic E-state index is 12.8. The molecule has 5 heteroatoms. The lowest BCUT2D eigenvalue weighted by Gasteiger charge is -2.44. The molecule has 0 radical (unpaired) electrons. The van der Waals surface area contributed by atoms with Gasteiger partial charge in [0, 0.05) is 25.6 Å². The summed E-state index contributed by atoms with van der Waals surface area (Å²) in [7, 11) is 0. The first-order valence-electron chi connectivity index (χ1n) is 10.4. The minimum atomic E-state index is -0.0125. The number of carbonyl (C=O) groups excluding carboxylic acids is 1. The molecule has 2 unspecified atom stereocenters. The van der Waals surface area contributed by atoms with Crippen LogP contribution >= 0.6 is 0 Å². The Balaban J connectivity index is 1.39. The van der Waals surface area contributed by atoms with Crippen LogP contribution in [0.25, 0.3) is 10.9 Å². The van der Waals surface area contributed by atoms with Crippen molar-refractivity contribution in [3.8, 4) is 0 Å². The van der Waals surface area contributed by atoms with E-state index in [9.17, 15) is 9.59 Å². The first kappa shape index (κ1) is 18.2. The number of aromatic nitrogens is 2. The van der Waals surface area contributed by atoms with Crippen molar-refractivity contribution < 1.29 is 4.79 Å². The zero-order valence-corrected chi connectivity index (χ0v) is 16.2. The van der Waals surface area contributed by atoms with Crippen molar-refractivity contribution in [3.63, 3.8) is 0 Å². The average Bonchev–Trinajstić information content (AvgIpc) is 2.69. The summed E-state index contributed by atoms with van der Waals surface area (Å²) >= 11 is 0. The number of carbonyl (C=O) groups is 1. The number of rotatable bonds is 4. The summed E-state index contributed by atoms with van der Waals surface area (Å²) in [4.78, 5) is 32.1. The second kappa shape index (κ2) is 7.83. The number of piperidine rings is 1. The van der Waals surface area contributed by atoms with E-state index >= 15 is 0 Å². The monoisotopic (exact) mass is 367 g/mol. The van der Waals surface area contributed by atoms with E-state index in [-0.39, 0.29) is 11.5 Å². The van der Waals surface area contributed by atoms with Crippen LogP contribution in [0.15, 0.2) is 29.3 Å². The van der Waals surface area contributed by atoms with E-state index in [1.165, 1.54) is 32.1 Å². The van der Waals surface area contributed by atoms with E-state index < -0.39 is 0 Å². The molecule has 1 aliphatic heterocycles. The highest BCUT2D eigenvalue weighted by Gasteiger charge is 2.35. The molecule has 27 heavy (non-hydrogen) atoms. The van der Waals surface area contributed by atoms with Crippen molar-refractivity contribution in [1.29, 1.82) is 0 Å². The van der Waals surface area contributed by atoms with Crippen LogP contribution in [-0.4, -0.2) is 32.9 Å². The molecule has 2 atom stereocenters. The molecule has 1 aliphatic carbocycles. The van der Waals surface area contributed by atoms with E-state index in [1.54, 1.807) is 10.9 Å². The van der Waals surface area contributed by atoms with Gasteiger partial charge in [-0.15, -0.1) is 0 Å². The molecule has 2 fully saturated rings. The highest BCUT2D eigenvalue weighted by atomic mass is 16.2. The van der Waals surface area contributed by atoms with Gasteiger partial charge in [-0.05, 0) is 56.6 Å². The van der Waals surface area contributed by atoms with Gasteiger partial charge in [0.1, 0.15) is 0 Å². The molecule has 4 rings (SSSR count). The predicted molar refractivity (Wildman–Crippen MR) is 107 cm³/mol. The van der Waals surface area contributed by atoms with Gasteiger partial charge in [0.05, 0.1) is 17.2 Å². The van der Waals surface area contributed by atoms with Gasteiger partial charge < -0.3 is 4.90 Å². The number of fused-ring (bicyclic) bond motifs is 2. The SMILES string of the molecule is Cc1cccc2c(=O)n(CCCC(=O)N3CCCC4CCCCC43)cnc12. The number of nitrogens with zero attached hydrogens (tertiary/aromatic N) is 3. The van der Waals surface area contributed by atoms with Gasteiger partial charge in [0.2, 0.25) is 5.91 Å². The van der Waals surface area contributed by atoms with E-state index in [0.29, 0.717) is 36.7 Å². The molecule has 1 amide bonds. The van der Waals surface area contributed by atoms with Gasteiger partial charge in [-0.3, -0.25) is 14.2 Å². The molecule has 1 aromatic heterocycles. The van der Waals surface area contributed by atoms with Gasteiger partial charge in [-0.1, -0.05) is 25.0 Å². The number of amides is 1. The molecule has 2 aromatic rings. The Hall–Kier alpha value is -2.17. The fourth-order valence-electron chi connectivity index (χ4n) is 4.98. The highest BCUT2D eigenvalue weighted by Crippen LogP contribution is 2.35. The number of hydrogen-bond acceptors (Lipinski definition) is 3. The third kappa shape index (κ3) is 3.64. The van der Waals surface area contributed by atoms with Gasteiger partial charge in [-0.2, -0.15) is 0 Å². The smallest absolute Gasteiger partial charge is 0.261 e. The van der Waals surface area contributed by atoms with Crippen LogP contribution in [0.1, 0.15) is 56.9 Å². The van der Waals surface area contributed by atoms with Crippen molar-refractivity contribution in [2.75, 3.05) is 6.54 Å². The Labute approximate surface area is 160 Å². The number of hydrogen-bond donors (Lipinski definition) is 0. The van der Waals surface area contributed by atoms with Gasteiger partial charge >= 0.3 is 0 Å². The van der Waals surface area contributed by atoms with Gasteiger partial charge in [-0.25, -0.2) is 4.98 Å². The summed E-state index contributed by atoms with van der Waals surface area (Å²) in [5.41, 5.74) is 1.77. The van der Waals surface area contributed by atoms with Crippen LogP contribution in [0.4, 0.5) is 0 Å². The van der Waals surface area contributed by atoms with E-state index in [0.717, 1.165) is 24.0 Å². The second-order valence-corrected chi connectivity index (χ2v) is 8.16. The van der Waals surface area contributed by atoms with E-state index in [4.69, 9.17) is 0 Å². The molecule has 1 aromatic carbocycles. The number of aryl methyl sites for hydroxylation is 2. The molecule has 1 saturated heterocycles. The lowest BCUT2D eigenvalue weighted by Crippen LogP contribution is -2.49. The lowest BCUT2D eigenvalue weighted by atomic mass is 9.78. The van der Waals surface area contributed by atoms with Crippen LogP contribution in [0.5, 0.6) is 0 Å². The number of para-hydroxylation sites is 1. The standard InChI is InChI=1S/C22H29N3O2/c1-16-7-4-10-18-21(16)23-15-24(22(18)27)13-6-12-20(26)25-14-5-9-17-8-2-3-11-19(17)25/h4,7,10,15,17,19H,2-3,5-6,8-9,11-14H2,1H3. The Kier molecular flexibility index (Phi) is 5.28. The molecule has 2 heterocycles. The minimum Gasteiger partial charge on any atom is -0.339 e. The first-order valence-corrected chi connectivity index (χ1v) is 10.4. The normalized spacial score (nSPS) is 22.6. The van der Waals surface area contributed by atoms with Crippen molar-refractivity contribution in [3.05, 3.63) is 40.4 Å². The Bertz CT molecular complexity index is 887. The van der Waals surface area contributed by atoms with Crippen LogP contribution < -0.4 is 5.56 Å². The van der Waals surface area contributed by atoms with Crippen molar-refractivity contribution in [2.45, 2.75) is 70.9 Å². The summed E-state index contributed by atoms with van der Waals surface area (Å²) in [5, 5.41) is 0.657. The molecule has 2 aliphatic rings. The van der Waals surface area contributed by atoms with Crippen LogP contribution in [0.3, 0.4) is 0 Å². The summed E-state index contributed by atoms with van der Waals surface area (Å²) in [6.45, 7) is 3.43. The van der Waals surface area contributed by atoms with Gasteiger partial charge in [0.25, 0.3) is 5.56 Å². The summed E-state index contributed by atoms with van der Waals surface area (Å²) in [6, 6.07) is 6.16. The van der Waals surface area contributed by atoms with Gasteiger partial charge in [0.15, 0.2) is 0 Å². The topological polar surface area (TPSA) is 55.2 Å². The Morgan fingerprint density at radius 3 is 2.89 bits per heavy atom. The summed E-state index contributed by atoms with van der Waals surface area (Å²) in [6.07, 6.45) is 10.3. The summed E-state index contributed by atoms with van der Waals surface area (Å²) < 4.78 is 1.65. The Morgan fingerprint density at radius 2 is 2.00 bits per heavy atom. The third-order valence-electron chi connectivity index (χ3n) is 6.41. The third-order valence-corrected chi connectivity index (χ3v) is 6.41. The van der Waals surface area contributed by atoms with Crippen molar-refractivity contribution in [2.24, 2.45) is 5.92 Å². The highest BCUT2D eigenvalue weighted by molar-refractivity contribution is 5.80. The first-order chi connectivity index (χ1) is 13.1. The van der Waals surface area contributed by atoms with Crippen molar-refractivity contribution in [1.82, 2.24) is 14.5 Å². The number of benzene rings is 1. The molecule has 1 saturated carbocycles. The van der Waals surface area contributed by atoms with Crippen LogP contribution in [0.2, 0.25) is 0 Å². The molecule has 0 spiro atoms.